The number of para-hydroxylation sites is 1. The first kappa shape index (κ1) is 13.0. The zero-order valence-electron chi connectivity index (χ0n) is 11.6. The number of rotatable bonds is 4. The lowest BCUT2D eigenvalue weighted by molar-refractivity contribution is 0.419. The molecule has 3 nitrogen and oxygen atoms in total. The Kier molecular flexibility index (Phi) is 3.35. The standard InChI is InChI=1S/C15H22N2O/c1-10-13(15(2,3)8-9-16)11-6-5-7-12(18-4)14(11)17-10/h5-7,17H,8-9,16H2,1-4H3. The third kappa shape index (κ3) is 1.99. The van der Waals surface area contributed by atoms with E-state index < -0.39 is 0 Å². The average molecular weight is 246 g/mol. The van der Waals surface area contributed by atoms with E-state index >= 15 is 0 Å². The molecule has 0 fully saturated rings. The van der Waals surface area contributed by atoms with E-state index in [0.717, 1.165) is 17.7 Å². The maximum absolute atomic E-state index is 5.74. The van der Waals surface area contributed by atoms with Gasteiger partial charge in [-0.05, 0) is 36.9 Å². The van der Waals surface area contributed by atoms with Crippen molar-refractivity contribution in [3.8, 4) is 5.75 Å². The van der Waals surface area contributed by atoms with Crippen molar-refractivity contribution in [2.24, 2.45) is 5.73 Å². The monoisotopic (exact) mass is 246 g/mol. The van der Waals surface area contributed by atoms with Gasteiger partial charge in [0.25, 0.3) is 0 Å². The largest absolute Gasteiger partial charge is 0.495 e. The fourth-order valence-corrected chi connectivity index (χ4v) is 2.85. The molecule has 0 saturated carbocycles. The number of nitrogens with two attached hydrogens (primary N) is 1. The van der Waals surface area contributed by atoms with Gasteiger partial charge in [0.15, 0.2) is 0 Å². The van der Waals surface area contributed by atoms with Crippen molar-refractivity contribution in [1.29, 1.82) is 0 Å². The lowest BCUT2D eigenvalue weighted by atomic mass is 9.80. The molecule has 3 heteroatoms. The maximum atomic E-state index is 5.74. The molecule has 1 aromatic heterocycles. The molecule has 0 aliphatic rings. The molecule has 18 heavy (non-hydrogen) atoms. The molecule has 0 amide bonds. The molecule has 0 aliphatic heterocycles. The van der Waals surface area contributed by atoms with Gasteiger partial charge in [-0.1, -0.05) is 26.0 Å². The van der Waals surface area contributed by atoms with Crippen molar-refractivity contribution in [3.63, 3.8) is 0 Å². The molecule has 1 heterocycles. The van der Waals surface area contributed by atoms with Gasteiger partial charge < -0.3 is 15.5 Å². The Bertz CT molecular complexity index is 555. The summed E-state index contributed by atoms with van der Waals surface area (Å²) in [5, 5.41) is 1.24. The number of hydrogen-bond acceptors (Lipinski definition) is 2. The summed E-state index contributed by atoms with van der Waals surface area (Å²) >= 11 is 0. The van der Waals surface area contributed by atoms with Crippen LogP contribution in [0.3, 0.4) is 0 Å². The van der Waals surface area contributed by atoms with Crippen molar-refractivity contribution in [2.45, 2.75) is 32.6 Å². The number of aromatic nitrogens is 1. The highest BCUT2D eigenvalue weighted by molar-refractivity contribution is 5.90. The van der Waals surface area contributed by atoms with Gasteiger partial charge in [0, 0.05) is 11.1 Å². The van der Waals surface area contributed by atoms with Gasteiger partial charge in [0.05, 0.1) is 12.6 Å². The van der Waals surface area contributed by atoms with Crippen LogP contribution in [0.1, 0.15) is 31.5 Å². The lowest BCUT2D eigenvalue weighted by Gasteiger charge is -2.25. The minimum absolute atomic E-state index is 0.0729. The van der Waals surface area contributed by atoms with Gasteiger partial charge in [0.1, 0.15) is 5.75 Å². The Hall–Kier alpha value is -1.48. The van der Waals surface area contributed by atoms with Gasteiger partial charge in [0.2, 0.25) is 0 Å². The number of benzene rings is 1. The predicted octanol–water partition coefficient (Wildman–Crippen LogP) is 3.11. The van der Waals surface area contributed by atoms with Crippen LogP contribution in [0.4, 0.5) is 0 Å². The predicted molar refractivity (Wildman–Crippen MR) is 76.3 cm³/mol. The summed E-state index contributed by atoms with van der Waals surface area (Å²) in [6, 6.07) is 6.17. The summed E-state index contributed by atoms with van der Waals surface area (Å²) < 4.78 is 5.41. The third-order valence-electron chi connectivity index (χ3n) is 3.65. The fraction of sp³-hybridized carbons (Fsp3) is 0.467. The Labute approximate surface area is 108 Å². The smallest absolute Gasteiger partial charge is 0.142 e. The summed E-state index contributed by atoms with van der Waals surface area (Å²) in [6.45, 7) is 7.31. The molecular weight excluding hydrogens is 224 g/mol. The van der Waals surface area contributed by atoms with E-state index in [0.29, 0.717) is 6.54 Å². The Morgan fingerprint density at radius 1 is 1.33 bits per heavy atom. The first-order valence-electron chi connectivity index (χ1n) is 6.37. The van der Waals surface area contributed by atoms with Crippen molar-refractivity contribution in [3.05, 3.63) is 29.5 Å². The normalized spacial score (nSPS) is 12.1. The van der Waals surface area contributed by atoms with E-state index in [2.05, 4.69) is 31.8 Å². The molecule has 0 unspecified atom stereocenters. The topological polar surface area (TPSA) is 51.0 Å². The number of hydrogen-bond donors (Lipinski definition) is 2. The van der Waals surface area contributed by atoms with Crippen molar-refractivity contribution in [1.82, 2.24) is 4.98 Å². The summed E-state index contributed by atoms with van der Waals surface area (Å²) in [5.74, 6) is 0.894. The quantitative estimate of drug-likeness (QED) is 0.871. The Balaban J connectivity index is 2.68. The van der Waals surface area contributed by atoms with E-state index in [4.69, 9.17) is 10.5 Å². The van der Waals surface area contributed by atoms with Gasteiger partial charge >= 0.3 is 0 Å². The molecule has 2 aromatic rings. The fourth-order valence-electron chi connectivity index (χ4n) is 2.85. The minimum Gasteiger partial charge on any atom is -0.495 e. The molecule has 0 bridgehead atoms. The average Bonchev–Trinajstić information content (AvgIpc) is 2.65. The van der Waals surface area contributed by atoms with Crippen molar-refractivity contribution in [2.75, 3.05) is 13.7 Å². The van der Waals surface area contributed by atoms with Gasteiger partial charge in [-0.15, -0.1) is 0 Å². The lowest BCUT2D eigenvalue weighted by Crippen LogP contribution is -2.22. The number of methoxy groups -OCH3 is 1. The molecule has 0 atom stereocenters. The highest BCUT2D eigenvalue weighted by Crippen LogP contribution is 2.38. The number of aromatic amines is 1. The van der Waals surface area contributed by atoms with Gasteiger partial charge in [-0.2, -0.15) is 0 Å². The second-order valence-electron chi connectivity index (χ2n) is 5.43. The molecule has 0 aliphatic carbocycles. The van der Waals surface area contributed by atoms with Crippen LogP contribution in [0.25, 0.3) is 10.9 Å². The summed E-state index contributed by atoms with van der Waals surface area (Å²) in [5.41, 5.74) is 9.44. The second kappa shape index (κ2) is 4.65. The van der Waals surface area contributed by atoms with E-state index in [1.165, 1.54) is 16.6 Å². The molecule has 1 aromatic carbocycles. The van der Waals surface area contributed by atoms with Crippen LogP contribution in [0.15, 0.2) is 18.2 Å². The van der Waals surface area contributed by atoms with Crippen LogP contribution < -0.4 is 10.5 Å². The maximum Gasteiger partial charge on any atom is 0.142 e. The molecule has 3 N–H and O–H groups in total. The molecule has 98 valence electrons. The number of ether oxygens (including phenoxy) is 1. The van der Waals surface area contributed by atoms with Crippen molar-refractivity contribution < 1.29 is 4.74 Å². The Morgan fingerprint density at radius 2 is 2.06 bits per heavy atom. The summed E-state index contributed by atoms with van der Waals surface area (Å²) in [7, 11) is 1.70. The van der Waals surface area contributed by atoms with Gasteiger partial charge in [-0.3, -0.25) is 0 Å². The first-order chi connectivity index (χ1) is 8.51. The van der Waals surface area contributed by atoms with E-state index in [9.17, 15) is 0 Å². The van der Waals surface area contributed by atoms with Crippen LogP contribution >= 0.6 is 0 Å². The second-order valence-corrected chi connectivity index (χ2v) is 5.43. The van der Waals surface area contributed by atoms with Crippen LogP contribution in [0.2, 0.25) is 0 Å². The van der Waals surface area contributed by atoms with Crippen LogP contribution in [-0.2, 0) is 5.41 Å². The highest BCUT2D eigenvalue weighted by atomic mass is 16.5. The van der Waals surface area contributed by atoms with Crippen molar-refractivity contribution >= 4 is 10.9 Å². The number of fused-ring (bicyclic) bond motifs is 1. The number of aryl methyl sites for hydroxylation is 1. The number of H-pyrrole nitrogens is 1. The molecular formula is C15H22N2O. The zero-order chi connectivity index (χ0) is 13.3. The van der Waals surface area contributed by atoms with Crippen LogP contribution in [-0.4, -0.2) is 18.6 Å². The van der Waals surface area contributed by atoms with E-state index in [1.54, 1.807) is 7.11 Å². The van der Waals surface area contributed by atoms with E-state index in [1.807, 2.05) is 12.1 Å². The summed E-state index contributed by atoms with van der Waals surface area (Å²) in [4.78, 5) is 3.45. The highest BCUT2D eigenvalue weighted by Gasteiger charge is 2.26. The van der Waals surface area contributed by atoms with Gasteiger partial charge in [-0.25, -0.2) is 0 Å². The first-order valence-corrected chi connectivity index (χ1v) is 6.37. The molecule has 2 rings (SSSR count). The summed E-state index contributed by atoms with van der Waals surface area (Å²) in [6.07, 6.45) is 0.970. The number of nitrogens with one attached hydrogen (secondary N) is 1. The van der Waals surface area contributed by atoms with Crippen LogP contribution in [0.5, 0.6) is 5.75 Å². The van der Waals surface area contributed by atoms with E-state index in [-0.39, 0.29) is 5.41 Å². The molecule has 0 saturated heterocycles. The molecule has 0 radical (unpaired) electrons. The molecule has 0 spiro atoms. The minimum atomic E-state index is 0.0729. The third-order valence-corrected chi connectivity index (χ3v) is 3.65. The Morgan fingerprint density at radius 3 is 2.67 bits per heavy atom. The zero-order valence-corrected chi connectivity index (χ0v) is 11.6. The van der Waals surface area contributed by atoms with Crippen LogP contribution in [0, 0.1) is 6.92 Å². The SMILES string of the molecule is COc1cccc2c(C(C)(C)CCN)c(C)[nH]c12.